The van der Waals surface area contributed by atoms with Crippen LogP contribution in [0.5, 0.6) is 0 Å². The van der Waals surface area contributed by atoms with Gasteiger partial charge in [-0.1, -0.05) is 42.5 Å². The molecule has 0 aliphatic carbocycles. The Hall–Kier alpha value is -3.27. The number of nitrogens with zero attached hydrogens (tertiary/aromatic N) is 2. The van der Waals surface area contributed by atoms with E-state index in [9.17, 15) is 4.79 Å². The van der Waals surface area contributed by atoms with E-state index in [1.165, 1.54) is 5.56 Å². The highest BCUT2D eigenvalue weighted by Crippen LogP contribution is 2.26. The van der Waals surface area contributed by atoms with Crippen molar-refractivity contribution < 1.29 is 4.79 Å². The Bertz CT molecular complexity index is 980. The molecule has 1 atom stereocenters. The number of aromatic nitrogens is 1. The minimum absolute atomic E-state index is 0.324. The summed E-state index contributed by atoms with van der Waals surface area (Å²) in [5.74, 6) is -0.684. The summed E-state index contributed by atoms with van der Waals surface area (Å²) in [7, 11) is 0. The van der Waals surface area contributed by atoms with Crippen LogP contribution >= 0.6 is 0 Å². The number of carbonyl (C=O) groups excluding carboxylic acids is 1. The van der Waals surface area contributed by atoms with E-state index in [2.05, 4.69) is 34.2 Å². The van der Waals surface area contributed by atoms with Crippen molar-refractivity contribution in [1.82, 2.24) is 4.98 Å². The van der Waals surface area contributed by atoms with Crippen molar-refractivity contribution in [3.63, 3.8) is 0 Å². The van der Waals surface area contributed by atoms with E-state index in [4.69, 9.17) is 5.73 Å². The number of rotatable bonds is 5. The highest BCUT2D eigenvalue weighted by Gasteiger charge is 2.18. The van der Waals surface area contributed by atoms with Crippen LogP contribution in [0.15, 0.2) is 72.0 Å². The van der Waals surface area contributed by atoms with Gasteiger partial charge >= 0.3 is 0 Å². The molecule has 4 nitrogen and oxygen atoms in total. The summed E-state index contributed by atoms with van der Waals surface area (Å²) >= 11 is 0. The van der Waals surface area contributed by atoms with Crippen LogP contribution in [0.3, 0.4) is 0 Å². The standard InChI is InChI=1S/C22H19N3O/c23-22(26)21(16-4-2-1-3-5-16)9-15-8-19(13-24-11-15)17-6-7-18-12-25-14-20(18)10-17/h1-8,10-11,13-14,21H,9,12H2,(H2,23,26)/t21-/m1/s1. The van der Waals surface area contributed by atoms with E-state index < -0.39 is 0 Å². The van der Waals surface area contributed by atoms with Gasteiger partial charge in [0.15, 0.2) is 0 Å². The molecule has 1 aliphatic heterocycles. The van der Waals surface area contributed by atoms with Gasteiger partial charge in [0, 0.05) is 24.2 Å². The molecule has 0 saturated carbocycles. The fourth-order valence-corrected chi connectivity index (χ4v) is 3.34. The molecule has 1 aliphatic rings. The summed E-state index contributed by atoms with van der Waals surface area (Å²) in [5, 5.41) is 0. The second-order valence-electron chi connectivity index (χ2n) is 6.54. The van der Waals surface area contributed by atoms with Gasteiger partial charge in [-0.15, -0.1) is 0 Å². The second kappa shape index (κ2) is 6.92. The minimum atomic E-state index is -0.361. The molecule has 4 heteroatoms. The molecular formula is C22H19N3O. The van der Waals surface area contributed by atoms with Crippen molar-refractivity contribution >= 4 is 12.1 Å². The average Bonchev–Trinajstić information content (AvgIpc) is 3.14. The molecule has 0 spiro atoms. The van der Waals surface area contributed by atoms with Gasteiger partial charge in [-0.2, -0.15) is 0 Å². The lowest BCUT2D eigenvalue weighted by molar-refractivity contribution is -0.119. The van der Waals surface area contributed by atoms with E-state index in [1.54, 1.807) is 6.20 Å². The molecule has 2 heterocycles. The van der Waals surface area contributed by atoms with Crippen molar-refractivity contribution in [3.8, 4) is 11.1 Å². The Labute approximate surface area is 152 Å². The maximum Gasteiger partial charge on any atom is 0.225 e. The van der Waals surface area contributed by atoms with Crippen LogP contribution in [0.25, 0.3) is 11.1 Å². The van der Waals surface area contributed by atoms with Crippen LogP contribution < -0.4 is 5.73 Å². The monoisotopic (exact) mass is 341 g/mol. The summed E-state index contributed by atoms with van der Waals surface area (Å²) in [6, 6.07) is 18.1. The number of hydrogen-bond acceptors (Lipinski definition) is 3. The number of hydrogen-bond donors (Lipinski definition) is 1. The summed E-state index contributed by atoms with van der Waals surface area (Å²) in [5.41, 5.74) is 12.1. The van der Waals surface area contributed by atoms with Crippen molar-refractivity contribution in [2.45, 2.75) is 18.9 Å². The highest BCUT2D eigenvalue weighted by atomic mass is 16.1. The zero-order valence-corrected chi connectivity index (χ0v) is 14.3. The topological polar surface area (TPSA) is 68.3 Å². The van der Waals surface area contributed by atoms with Crippen LogP contribution in [0, 0.1) is 0 Å². The number of pyridine rings is 1. The van der Waals surface area contributed by atoms with Crippen molar-refractivity contribution in [2.24, 2.45) is 10.7 Å². The summed E-state index contributed by atoms with van der Waals surface area (Å²) in [4.78, 5) is 20.7. The van der Waals surface area contributed by atoms with E-state index in [0.717, 1.165) is 34.4 Å². The molecule has 0 saturated heterocycles. The summed E-state index contributed by atoms with van der Waals surface area (Å²) < 4.78 is 0. The number of carbonyl (C=O) groups is 1. The first kappa shape index (κ1) is 16.2. The van der Waals surface area contributed by atoms with Crippen LogP contribution in [0.2, 0.25) is 0 Å². The van der Waals surface area contributed by atoms with Crippen molar-refractivity contribution in [2.75, 3.05) is 0 Å². The zero-order chi connectivity index (χ0) is 17.9. The molecule has 3 aromatic rings. The highest BCUT2D eigenvalue weighted by molar-refractivity contribution is 5.87. The number of benzene rings is 2. The Kier molecular flexibility index (Phi) is 4.32. The lowest BCUT2D eigenvalue weighted by atomic mass is 9.91. The third kappa shape index (κ3) is 3.26. The molecule has 128 valence electrons. The number of aliphatic imine (C=N–C) groups is 1. The molecule has 1 amide bonds. The molecular weight excluding hydrogens is 322 g/mol. The molecule has 1 aromatic heterocycles. The van der Waals surface area contributed by atoms with Gasteiger partial charge < -0.3 is 5.73 Å². The van der Waals surface area contributed by atoms with E-state index in [1.807, 2.05) is 42.7 Å². The largest absolute Gasteiger partial charge is 0.369 e. The van der Waals surface area contributed by atoms with Gasteiger partial charge in [0.05, 0.1) is 12.5 Å². The van der Waals surface area contributed by atoms with Gasteiger partial charge in [0.25, 0.3) is 0 Å². The third-order valence-corrected chi connectivity index (χ3v) is 4.75. The Morgan fingerprint density at radius 2 is 1.88 bits per heavy atom. The summed E-state index contributed by atoms with van der Waals surface area (Å²) in [6.07, 6.45) is 6.09. The van der Waals surface area contributed by atoms with E-state index >= 15 is 0 Å². The molecule has 0 unspecified atom stereocenters. The van der Waals surface area contributed by atoms with Gasteiger partial charge in [-0.25, -0.2) is 0 Å². The molecule has 4 rings (SSSR count). The quantitative estimate of drug-likeness (QED) is 0.772. The molecule has 2 N–H and O–H groups in total. The lowest BCUT2D eigenvalue weighted by Crippen LogP contribution is -2.23. The van der Waals surface area contributed by atoms with Gasteiger partial charge in [0.1, 0.15) is 0 Å². The predicted octanol–water partition coefficient (Wildman–Crippen LogP) is 3.49. The molecule has 2 aromatic carbocycles. The van der Waals surface area contributed by atoms with E-state index in [-0.39, 0.29) is 11.8 Å². The lowest BCUT2D eigenvalue weighted by Gasteiger charge is -2.14. The Morgan fingerprint density at radius 3 is 2.69 bits per heavy atom. The van der Waals surface area contributed by atoms with Gasteiger partial charge in [-0.3, -0.25) is 14.8 Å². The minimum Gasteiger partial charge on any atom is -0.369 e. The fraction of sp³-hybridized carbons (Fsp3) is 0.136. The first-order valence-corrected chi connectivity index (χ1v) is 8.62. The Balaban J connectivity index is 1.63. The first-order chi connectivity index (χ1) is 12.7. The SMILES string of the molecule is NC(=O)[C@H](Cc1cncc(-c2ccc3c(c2)C=NC3)c1)c1ccccc1. The molecule has 0 bridgehead atoms. The smallest absolute Gasteiger partial charge is 0.225 e. The van der Waals surface area contributed by atoms with Gasteiger partial charge in [0.2, 0.25) is 5.91 Å². The van der Waals surface area contributed by atoms with E-state index in [0.29, 0.717) is 6.42 Å². The normalized spacial score (nSPS) is 13.4. The molecule has 26 heavy (non-hydrogen) atoms. The maximum absolute atomic E-state index is 12.0. The molecule has 0 radical (unpaired) electrons. The number of fused-ring (bicyclic) bond motifs is 1. The number of nitrogens with two attached hydrogens (primary N) is 1. The summed E-state index contributed by atoms with van der Waals surface area (Å²) in [6.45, 7) is 0.755. The maximum atomic E-state index is 12.0. The number of amides is 1. The third-order valence-electron chi connectivity index (χ3n) is 4.75. The second-order valence-corrected chi connectivity index (χ2v) is 6.54. The van der Waals surface area contributed by atoms with Crippen molar-refractivity contribution in [1.29, 1.82) is 0 Å². The zero-order valence-electron chi connectivity index (χ0n) is 14.3. The molecule has 0 fully saturated rings. The predicted molar refractivity (Wildman–Crippen MR) is 103 cm³/mol. The average molecular weight is 341 g/mol. The first-order valence-electron chi connectivity index (χ1n) is 8.62. The van der Waals surface area contributed by atoms with Crippen molar-refractivity contribution in [3.05, 3.63) is 89.2 Å². The van der Waals surface area contributed by atoms with Crippen LogP contribution in [0.4, 0.5) is 0 Å². The van der Waals surface area contributed by atoms with Crippen LogP contribution in [-0.4, -0.2) is 17.1 Å². The number of primary amides is 1. The van der Waals surface area contributed by atoms with Gasteiger partial charge in [-0.05, 0) is 46.4 Å². The fourth-order valence-electron chi connectivity index (χ4n) is 3.34. The Morgan fingerprint density at radius 1 is 1.04 bits per heavy atom. The van der Waals surface area contributed by atoms with Crippen LogP contribution in [-0.2, 0) is 17.8 Å². The van der Waals surface area contributed by atoms with Crippen LogP contribution in [0.1, 0.15) is 28.2 Å².